The Hall–Kier alpha value is -2.34. The van der Waals surface area contributed by atoms with Crippen molar-refractivity contribution in [2.45, 2.75) is 32.6 Å². The number of carbonyl (C=O) groups is 1. The first kappa shape index (κ1) is 19.0. The van der Waals surface area contributed by atoms with E-state index in [1.54, 1.807) is 23.1 Å². The highest BCUT2D eigenvalue weighted by Crippen LogP contribution is 2.22. The highest BCUT2D eigenvalue weighted by Gasteiger charge is 2.19. The summed E-state index contributed by atoms with van der Waals surface area (Å²) in [6.07, 6.45) is 0. The first-order valence-corrected chi connectivity index (χ1v) is 9.76. The van der Waals surface area contributed by atoms with Crippen molar-refractivity contribution in [3.63, 3.8) is 0 Å². The summed E-state index contributed by atoms with van der Waals surface area (Å²) < 4.78 is 28.0. The Balaban J connectivity index is 2.35. The van der Waals surface area contributed by atoms with Gasteiger partial charge in [0.2, 0.25) is 0 Å². The minimum Gasteiger partial charge on any atom is -0.339 e. The van der Waals surface area contributed by atoms with Gasteiger partial charge in [-0.2, -0.15) is 0 Å². The molecule has 2 rings (SSSR count). The Morgan fingerprint density at radius 1 is 1.04 bits per heavy atom. The molecule has 0 atom stereocenters. The number of anilines is 1. The maximum atomic E-state index is 12.7. The van der Waals surface area contributed by atoms with Crippen molar-refractivity contribution < 1.29 is 13.2 Å². The summed E-state index contributed by atoms with van der Waals surface area (Å²) in [7, 11) is -3.77. The maximum absolute atomic E-state index is 12.7. The Morgan fingerprint density at radius 3 is 2.36 bits per heavy atom. The number of benzene rings is 2. The van der Waals surface area contributed by atoms with Gasteiger partial charge in [0.05, 0.1) is 10.6 Å². The van der Waals surface area contributed by atoms with Gasteiger partial charge in [0, 0.05) is 18.7 Å². The molecule has 25 heavy (non-hydrogen) atoms. The fourth-order valence-corrected chi connectivity index (χ4v) is 3.71. The number of carbonyl (C=O) groups excluding carboxylic acids is 1. The van der Waals surface area contributed by atoms with E-state index in [1.807, 2.05) is 39.8 Å². The van der Waals surface area contributed by atoms with E-state index in [4.69, 9.17) is 0 Å². The number of rotatable bonds is 6. The molecular formula is C19H24N2O3S. The van der Waals surface area contributed by atoms with Crippen LogP contribution in [0, 0.1) is 13.8 Å². The van der Waals surface area contributed by atoms with Crippen LogP contribution in [0.3, 0.4) is 0 Å². The van der Waals surface area contributed by atoms with Gasteiger partial charge in [-0.15, -0.1) is 0 Å². The number of hydrogen-bond donors (Lipinski definition) is 1. The summed E-state index contributed by atoms with van der Waals surface area (Å²) >= 11 is 0. The van der Waals surface area contributed by atoms with Crippen molar-refractivity contribution in [3.05, 3.63) is 59.2 Å². The summed E-state index contributed by atoms with van der Waals surface area (Å²) in [5, 5.41) is 0. The monoisotopic (exact) mass is 360 g/mol. The molecule has 0 fully saturated rings. The summed E-state index contributed by atoms with van der Waals surface area (Å²) in [4.78, 5) is 14.2. The molecule has 134 valence electrons. The third-order valence-electron chi connectivity index (χ3n) is 4.08. The van der Waals surface area contributed by atoms with Crippen molar-refractivity contribution in [1.82, 2.24) is 4.90 Å². The molecule has 0 unspecified atom stereocenters. The van der Waals surface area contributed by atoms with Gasteiger partial charge in [-0.25, -0.2) is 8.42 Å². The lowest BCUT2D eigenvalue weighted by Crippen LogP contribution is -2.30. The van der Waals surface area contributed by atoms with Crippen LogP contribution in [0.4, 0.5) is 5.69 Å². The molecule has 0 bridgehead atoms. The summed E-state index contributed by atoms with van der Waals surface area (Å²) in [5.74, 6) is -0.172. The molecule has 1 N–H and O–H groups in total. The zero-order valence-corrected chi connectivity index (χ0v) is 15.9. The van der Waals surface area contributed by atoms with Crippen molar-refractivity contribution in [1.29, 1.82) is 0 Å². The topological polar surface area (TPSA) is 66.5 Å². The Labute approximate surface area is 149 Å². The van der Waals surface area contributed by atoms with E-state index in [2.05, 4.69) is 4.72 Å². The Morgan fingerprint density at radius 2 is 1.72 bits per heavy atom. The zero-order chi connectivity index (χ0) is 18.6. The van der Waals surface area contributed by atoms with Crippen LogP contribution in [0.1, 0.15) is 35.3 Å². The van der Waals surface area contributed by atoms with Crippen LogP contribution < -0.4 is 4.72 Å². The minimum atomic E-state index is -3.77. The second-order valence-electron chi connectivity index (χ2n) is 5.93. The largest absolute Gasteiger partial charge is 0.339 e. The van der Waals surface area contributed by atoms with Crippen molar-refractivity contribution in [2.75, 3.05) is 17.8 Å². The lowest BCUT2D eigenvalue weighted by molar-refractivity contribution is 0.0772. The predicted octanol–water partition coefficient (Wildman–Crippen LogP) is 3.59. The van der Waals surface area contributed by atoms with E-state index < -0.39 is 10.0 Å². The maximum Gasteiger partial charge on any atom is 0.261 e. The quantitative estimate of drug-likeness (QED) is 0.856. The van der Waals surface area contributed by atoms with Crippen LogP contribution in [0.5, 0.6) is 0 Å². The van der Waals surface area contributed by atoms with Crippen LogP contribution in [-0.2, 0) is 10.0 Å². The van der Waals surface area contributed by atoms with E-state index in [1.165, 1.54) is 12.1 Å². The smallest absolute Gasteiger partial charge is 0.261 e. The predicted molar refractivity (Wildman–Crippen MR) is 100 cm³/mol. The molecule has 6 heteroatoms. The van der Waals surface area contributed by atoms with Gasteiger partial charge >= 0.3 is 0 Å². The van der Waals surface area contributed by atoms with E-state index >= 15 is 0 Å². The van der Waals surface area contributed by atoms with Gasteiger partial charge in [0.1, 0.15) is 0 Å². The molecule has 0 saturated heterocycles. The standard InChI is InChI=1S/C19H24N2O3S/c1-5-21(6-2)19(22)16-8-7-9-17(13-16)25(23,24)20-18-12-14(3)10-11-15(18)4/h7-13,20H,5-6H2,1-4H3. The average molecular weight is 360 g/mol. The number of hydrogen-bond acceptors (Lipinski definition) is 3. The van der Waals surface area contributed by atoms with Gasteiger partial charge in [-0.3, -0.25) is 9.52 Å². The molecule has 1 amide bonds. The SMILES string of the molecule is CCN(CC)C(=O)c1cccc(S(=O)(=O)Nc2cc(C)ccc2C)c1. The highest BCUT2D eigenvalue weighted by atomic mass is 32.2. The van der Waals surface area contributed by atoms with Crippen LogP contribution in [0.2, 0.25) is 0 Å². The van der Waals surface area contributed by atoms with E-state index in [9.17, 15) is 13.2 Å². The molecule has 0 spiro atoms. The molecule has 0 aliphatic heterocycles. The van der Waals surface area contributed by atoms with Gasteiger partial charge < -0.3 is 4.90 Å². The Bertz CT molecular complexity index is 872. The summed E-state index contributed by atoms with van der Waals surface area (Å²) in [6.45, 7) is 8.69. The van der Waals surface area contributed by atoms with Gasteiger partial charge in [-0.1, -0.05) is 18.2 Å². The number of aryl methyl sites for hydroxylation is 2. The molecule has 2 aromatic carbocycles. The van der Waals surface area contributed by atoms with Crippen molar-refractivity contribution in [3.8, 4) is 0 Å². The lowest BCUT2D eigenvalue weighted by atomic mass is 10.1. The lowest BCUT2D eigenvalue weighted by Gasteiger charge is -2.19. The van der Waals surface area contributed by atoms with E-state index in [-0.39, 0.29) is 10.8 Å². The van der Waals surface area contributed by atoms with Gasteiger partial charge in [0.25, 0.3) is 15.9 Å². The van der Waals surface area contributed by atoms with Crippen molar-refractivity contribution in [2.24, 2.45) is 0 Å². The number of nitrogens with zero attached hydrogens (tertiary/aromatic N) is 1. The van der Waals surface area contributed by atoms with E-state index in [0.717, 1.165) is 11.1 Å². The molecule has 2 aromatic rings. The molecule has 0 radical (unpaired) electrons. The van der Waals surface area contributed by atoms with Gasteiger partial charge in [0.15, 0.2) is 0 Å². The fraction of sp³-hybridized carbons (Fsp3) is 0.316. The molecule has 0 aliphatic carbocycles. The van der Waals surface area contributed by atoms with Crippen LogP contribution in [0.15, 0.2) is 47.4 Å². The third kappa shape index (κ3) is 4.39. The third-order valence-corrected chi connectivity index (χ3v) is 5.44. The van der Waals surface area contributed by atoms with Gasteiger partial charge in [-0.05, 0) is 63.1 Å². The van der Waals surface area contributed by atoms with Crippen LogP contribution in [0.25, 0.3) is 0 Å². The molecule has 0 saturated carbocycles. The second kappa shape index (κ2) is 7.70. The molecule has 0 aliphatic rings. The number of amides is 1. The Kier molecular flexibility index (Phi) is 5.85. The zero-order valence-electron chi connectivity index (χ0n) is 15.0. The van der Waals surface area contributed by atoms with Crippen LogP contribution >= 0.6 is 0 Å². The first-order valence-electron chi connectivity index (χ1n) is 8.28. The first-order chi connectivity index (χ1) is 11.8. The summed E-state index contributed by atoms with van der Waals surface area (Å²) in [5.41, 5.74) is 2.71. The molecule has 5 nitrogen and oxygen atoms in total. The second-order valence-corrected chi connectivity index (χ2v) is 7.61. The molecular weight excluding hydrogens is 336 g/mol. The average Bonchev–Trinajstić information content (AvgIpc) is 2.59. The molecule has 0 heterocycles. The molecule has 0 aromatic heterocycles. The minimum absolute atomic E-state index is 0.0754. The number of sulfonamides is 1. The summed E-state index contributed by atoms with van der Waals surface area (Å²) in [6, 6.07) is 11.7. The fourth-order valence-electron chi connectivity index (χ4n) is 2.54. The van der Waals surface area contributed by atoms with E-state index in [0.29, 0.717) is 24.3 Å². The van der Waals surface area contributed by atoms with Crippen molar-refractivity contribution >= 4 is 21.6 Å². The normalized spacial score (nSPS) is 11.2. The number of nitrogens with one attached hydrogen (secondary N) is 1. The highest BCUT2D eigenvalue weighted by molar-refractivity contribution is 7.92. The van der Waals surface area contributed by atoms with Crippen LogP contribution in [-0.4, -0.2) is 32.3 Å².